The molecule has 0 N–H and O–H groups in total. The molecule has 3 rings (SSSR count). The van der Waals surface area contributed by atoms with Crippen molar-refractivity contribution >= 4 is 0 Å². The average Bonchev–Trinajstić information content (AvgIpc) is 2.49. The van der Waals surface area contributed by atoms with E-state index in [4.69, 9.17) is 0 Å². The molecule has 0 bridgehead atoms. The van der Waals surface area contributed by atoms with Crippen LogP contribution in [0.4, 0.5) is 0 Å². The molecule has 0 aliphatic heterocycles. The standard InChI is InChI=1S/C17H12N/c1-2-6-14(7-3-1)15-8-4-9-16(12-15)17-10-5-11-18-13-17/h1-3,5-13H. The first-order valence-corrected chi connectivity index (χ1v) is 5.90. The molecule has 0 aliphatic rings. The zero-order chi connectivity index (χ0) is 12.2. The van der Waals surface area contributed by atoms with E-state index in [2.05, 4.69) is 35.3 Å². The quantitative estimate of drug-likeness (QED) is 0.642. The highest BCUT2D eigenvalue weighted by Crippen LogP contribution is 2.25. The van der Waals surface area contributed by atoms with Gasteiger partial charge in [0.05, 0.1) is 0 Å². The summed E-state index contributed by atoms with van der Waals surface area (Å²) in [4.78, 5) is 4.15. The lowest BCUT2D eigenvalue weighted by Crippen LogP contribution is -1.82. The molecule has 2 aromatic carbocycles. The summed E-state index contributed by atoms with van der Waals surface area (Å²) in [5.41, 5.74) is 4.65. The van der Waals surface area contributed by atoms with Crippen LogP contribution in [0, 0.1) is 6.07 Å². The molecule has 1 nitrogen and oxygen atoms in total. The van der Waals surface area contributed by atoms with E-state index in [0.717, 1.165) is 11.1 Å². The van der Waals surface area contributed by atoms with Crippen molar-refractivity contribution in [1.29, 1.82) is 0 Å². The SMILES string of the molecule is [c]1cc(-c2ccccc2)cc(-c2cccnc2)c1. The number of benzene rings is 2. The second-order valence-electron chi connectivity index (χ2n) is 4.12. The fourth-order valence-electron chi connectivity index (χ4n) is 1.97. The van der Waals surface area contributed by atoms with Crippen LogP contribution in [0.15, 0.2) is 73.1 Å². The summed E-state index contributed by atoms with van der Waals surface area (Å²) in [6, 6.07) is 23.7. The van der Waals surface area contributed by atoms with Crippen LogP contribution in [-0.2, 0) is 0 Å². The maximum atomic E-state index is 4.15. The van der Waals surface area contributed by atoms with Crippen LogP contribution < -0.4 is 0 Å². The van der Waals surface area contributed by atoms with E-state index in [-0.39, 0.29) is 0 Å². The zero-order valence-electron chi connectivity index (χ0n) is 9.88. The van der Waals surface area contributed by atoms with Crippen molar-refractivity contribution in [1.82, 2.24) is 4.98 Å². The normalized spacial score (nSPS) is 10.2. The van der Waals surface area contributed by atoms with Gasteiger partial charge in [-0.15, -0.1) is 0 Å². The Balaban J connectivity index is 2.05. The molecule has 0 spiro atoms. The lowest BCUT2D eigenvalue weighted by Gasteiger charge is -2.05. The largest absolute Gasteiger partial charge is 0.264 e. The maximum absolute atomic E-state index is 4.15. The van der Waals surface area contributed by atoms with E-state index in [1.165, 1.54) is 11.1 Å². The van der Waals surface area contributed by atoms with Crippen molar-refractivity contribution < 1.29 is 0 Å². The number of hydrogen-bond acceptors (Lipinski definition) is 1. The smallest absolute Gasteiger partial charge is 0.0346 e. The fraction of sp³-hybridized carbons (Fsp3) is 0. The van der Waals surface area contributed by atoms with E-state index >= 15 is 0 Å². The summed E-state index contributed by atoms with van der Waals surface area (Å²) in [5, 5.41) is 0. The highest BCUT2D eigenvalue weighted by Gasteiger charge is 2.00. The van der Waals surface area contributed by atoms with Crippen LogP contribution in [0.25, 0.3) is 22.3 Å². The molecular formula is C17H12N. The van der Waals surface area contributed by atoms with Crippen LogP contribution in [0.5, 0.6) is 0 Å². The van der Waals surface area contributed by atoms with Crippen LogP contribution in [0.3, 0.4) is 0 Å². The Hall–Kier alpha value is -2.41. The predicted molar refractivity (Wildman–Crippen MR) is 73.9 cm³/mol. The minimum Gasteiger partial charge on any atom is -0.264 e. The van der Waals surface area contributed by atoms with Crippen molar-refractivity contribution in [2.45, 2.75) is 0 Å². The number of rotatable bonds is 2. The van der Waals surface area contributed by atoms with Gasteiger partial charge in [0.2, 0.25) is 0 Å². The minimum atomic E-state index is 1.12. The maximum Gasteiger partial charge on any atom is 0.0346 e. The van der Waals surface area contributed by atoms with Crippen LogP contribution >= 0.6 is 0 Å². The first kappa shape index (κ1) is 10.7. The highest BCUT2D eigenvalue weighted by molar-refractivity contribution is 5.72. The van der Waals surface area contributed by atoms with Crippen LogP contribution in [-0.4, -0.2) is 4.98 Å². The minimum absolute atomic E-state index is 1.12. The third-order valence-electron chi connectivity index (χ3n) is 2.89. The molecule has 1 heteroatoms. The molecule has 85 valence electrons. The van der Waals surface area contributed by atoms with E-state index in [0.29, 0.717) is 0 Å². The Morgan fingerprint density at radius 1 is 0.722 bits per heavy atom. The molecule has 0 unspecified atom stereocenters. The Morgan fingerprint density at radius 3 is 2.17 bits per heavy atom. The van der Waals surface area contributed by atoms with Gasteiger partial charge in [-0.1, -0.05) is 36.4 Å². The molecule has 0 saturated carbocycles. The first-order valence-electron chi connectivity index (χ1n) is 5.90. The van der Waals surface area contributed by atoms with Crippen molar-refractivity contribution in [3.8, 4) is 22.3 Å². The van der Waals surface area contributed by atoms with Gasteiger partial charge in [0.15, 0.2) is 0 Å². The van der Waals surface area contributed by atoms with Gasteiger partial charge in [-0.2, -0.15) is 0 Å². The van der Waals surface area contributed by atoms with Gasteiger partial charge in [0.1, 0.15) is 0 Å². The Bertz CT molecular complexity index is 575. The van der Waals surface area contributed by atoms with Gasteiger partial charge in [0, 0.05) is 18.0 Å². The molecule has 0 saturated heterocycles. The first-order chi connectivity index (χ1) is 8.93. The van der Waals surface area contributed by atoms with Crippen molar-refractivity contribution in [2.24, 2.45) is 0 Å². The van der Waals surface area contributed by atoms with E-state index < -0.39 is 0 Å². The Kier molecular flexibility index (Phi) is 2.89. The van der Waals surface area contributed by atoms with Gasteiger partial charge in [0.25, 0.3) is 0 Å². The summed E-state index contributed by atoms with van der Waals surface area (Å²) in [5.74, 6) is 0. The average molecular weight is 230 g/mol. The topological polar surface area (TPSA) is 12.9 Å². The molecule has 0 aliphatic carbocycles. The third kappa shape index (κ3) is 2.16. The summed E-state index contributed by atoms with van der Waals surface area (Å²) >= 11 is 0. The second-order valence-corrected chi connectivity index (χ2v) is 4.12. The highest BCUT2D eigenvalue weighted by atomic mass is 14.6. The van der Waals surface area contributed by atoms with Crippen molar-refractivity contribution in [3.63, 3.8) is 0 Å². The molecule has 3 aromatic rings. The molecular weight excluding hydrogens is 218 g/mol. The summed E-state index contributed by atoms with van der Waals surface area (Å²) in [6.07, 6.45) is 3.66. The number of aromatic nitrogens is 1. The van der Waals surface area contributed by atoms with Gasteiger partial charge in [-0.05, 0) is 47.0 Å². The predicted octanol–water partition coefficient (Wildman–Crippen LogP) is 4.22. The molecule has 1 radical (unpaired) electrons. The third-order valence-corrected chi connectivity index (χ3v) is 2.89. The van der Waals surface area contributed by atoms with Crippen LogP contribution in [0.2, 0.25) is 0 Å². The van der Waals surface area contributed by atoms with Gasteiger partial charge in [-0.25, -0.2) is 0 Å². The Morgan fingerprint density at radius 2 is 1.44 bits per heavy atom. The van der Waals surface area contributed by atoms with E-state index in [1.807, 2.05) is 42.6 Å². The Labute approximate surface area is 107 Å². The summed E-state index contributed by atoms with van der Waals surface area (Å²) in [6.45, 7) is 0. The van der Waals surface area contributed by atoms with Gasteiger partial charge < -0.3 is 0 Å². The van der Waals surface area contributed by atoms with Crippen molar-refractivity contribution in [3.05, 3.63) is 79.1 Å². The molecule has 0 atom stereocenters. The van der Waals surface area contributed by atoms with Crippen molar-refractivity contribution in [2.75, 3.05) is 0 Å². The number of nitrogens with zero attached hydrogens (tertiary/aromatic N) is 1. The monoisotopic (exact) mass is 230 g/mol. The molecule has 1 aromatic heterocycles. The number of hydrogen-bond donors (Lipinski definition) is 0. The lowest BCUT2D eigenvalue weighted by molar-refractivity contribution is 1.33. The molecule has 0 fully saturated rings. The number of pyridine rings is 1. The lowest BCUT2D eigenvalue weighted by atomic mass is 10.0. The van der Waals surface area contributed by atoms with Gasteiger partial charge in [-0.3, -0.25) is 4.98 Å². The van der Waals surface area contributed by atoms with Crippen LogP contribution in [0.1, 0.15) is 0 Å². The van der Waals surface area contributed by atoms with E-state index in [9.17, 15) is 0 Å². The zero-order valence-corrected chi connectivity index (χ0v) is 9.88. The molecule has 1 heterocycles. The fourth-order valence-corrected chi connectivity index (χ4v) is 1.97. The van der Waals surface area contributed by atoms with E-state index in [1.54, 1.807) is 6.20 Å². The summed E-state index contributed by atoms with van der Waals surface area (Å²) < 4.78 is 0. The van der Waals surface area contributed by atoms with Gasteiger partial charge >= 0.3 is 0 Å². The second kappa shape index (κ2) is 4.84. The summed E-state index contributed by atoms with van der Waals surface area (Å²) in [7, 11) is 0. The molecule has 18 heavy (non-hydrogen) atoms. The molecule has 0 amide bonds.